The van der Waals surface area contributed by atoms with Gasteiger partial charge >= 0.3 is 0 Å². The van der Waals surface area contributed by atoms with E-state index in [1.165, 1.54) is 18.5 Å². The van der Waals surface area contributed by atoms with Crippen LogP contribution >= 0.6 is 11.6 Å². The van der Waals surface area contributed by atoms with E-state index in [0.717, 1.165) is 43.1 Å². The van der Waals surface area contributed by atoms with Gasteiger partial charge in [0.05, 0.1) is 0 Å². The molecule has 1 aromatic carbocycles. The average Bonchev–Trinajstić information content (AvgIpc) is 2.69. The van der Waals surface area contributed by atoms with E-state index in [0.29, 0.717) is 6.04 Å². The minimum absolute atomic E-state index is 0.0155. The van der Waals surface area contributed by atoms with Crippen LogP contribution in [0.5, 0.6) is 5.75 Å². The van der Waals surface area contributed by atoms with Gasteiger partial charge in [0, 0.05) is 29.6 Å². The third-order valence-corrected chi connectivity index (χ3v) is 5.27. The second-order valence-electron chi connectivity index (χ2n) is 6.30. The first-order valence-corrected chi connectivity index (χ1v) is 8.42. The molecular formula is C17H25ClN2O. The first kappa shape index (κ1) is 15.1. The monoisotopic (exact) mass is 308 g/mol. The second kappa shape index (κ2) is 6.15. The molecule has 0 amide bonds. The lowest BCUT2D eigenvalue weighted by Gasteiger charge is -2.42. The molecule has 0 radical (unpaired) electrons. The molecule has 0 saturated carbocycles. The fraction of sp³-hybridized carbons (Fsp3) is 0.647. The zero-order valence-electron chi connectivity index (χ0n) is 13.0. The summed E-state index contributed by atoms with van der Waals surface area (Å²) >= 11 is 6.15. The molecular weight excluding hydrogens is 284 g/mol. The van der Waals surface area contributed by atoms with Crippen molar-refractivity contribution in [2.24, 2.45) is 0 Å². The van der Waals surface area contributed by atoms with Gasteiger partial charge in [0.1, 0.15) is 11.4 Å². The maximum atomic E-state index is 6.49. The zero-order chi connectivity index (χ0) is 14.9. The van der Waals surface area contributed by atoms with Crippen molar-refractivity contribution < 1.29 is 4.74 Å². The Bertz CT molecular complexity index is 508. The molecule has 1 saturated heterocycles. The molecule has 0 bridgehead atoms. The SMILES string of the molecule is CCN1CCCC2(CC1)CC(NC)c1cc(Cl)ccc1O2. The van der Waals surface area contributed by atoms with E-state index in [9.17, 15) is 0 Å². The van der Waals surface area contributed by atoms with E-state index >= 15 is 0 Å². The molecule has 2 aliphatic rings. The summed E-state index contributed by atoms with van der Waals surface area (Å²) in [7, 11) is 2.03. The van der Waals surface area contributed by atoms with Gasteiger partial charge in [-0.1, -0.05) is 18.5 Å². The molecule has 2 aliphatic heterocycles. The number of nitrogens with zero attached hydrogens (tertiary/aromatic N) is 1. The van der Waals surface area contributed by atoms with Crippen molar-refractivity contribution in [2.45, 2.75) is 44.2 Å². The number of hydrogen-bond acceptors (Lipinski definition) is 3. The standard InChI is InChI=1S/C17H25ClN2O/c1-3-20-9-4-7-17(8-10-20)12-15(19-2)14-11-13(18)5-6-16(14)21-17/h5-6,11,15,19H,3-4,7-10,12H2,1-2H3. The summed E-state index contributed by atoms with van der Waals surface area (Å²) in [5.41, 5.74) is 1.19. The lowest BCUT2D eigenvalue weighted by Crippen LogP contribution is -2.44. The Hall–Kier alpha value is -0.770. The predicted octanol–water partition coefficient (Wildman–Crippen LogP) is 3.63. The first-order chi connectivity index (χ1) is 10.2. The normalized spacial score (nSPS) is 29.8. The van der Waals surface area contributed by atoms with Crippen LogP contribution in [0.3, 0.4) is 0 Å². The highest BCUT2D eigenvalue weighted by Gasteiger charge is 2.41. The third-order valence-electron chi connectivity index (χ3n) is 5.04. The minimum Gasteiger partial charge on any atom is -0.487 e. The van der Waals surface area contributed by atoms with Crippen LogP contribution in [-0.2, 0) is 0 Å². The molecule has 3 nitrogen and oxygen atoms in total. The summed E-state index contributed by atoms with van der Waals surface area (Å²) in [6.45, 7) is 5.71. The minimum atomic E-state index is -0.0155. The van der Waals surface area contributed by atoms with Gasteiger partial charge in [-0.3, -0.25) is 0 Å². The summed E-state index contributed by atoms with van der Waals surface area (Å²) in [5.74, 6) is 1.01. The summed E-state index contributed by atoms with van der Waals surface area (Å²) in [6.07, 6.45) is 4.51. The Balaban J connectivity index is 1.87. The van der Waals surface area contributed by atoms with E-state index in [-0.39, 0.29) is 5.60 Å². The number of nitrogens with one attached hydrogen (secondary N) is 1. The fourth-order valence-corrected chi connectivity index (χ4v) is 3.93. The topological polar surface area (TPSA) is 24.5 Å². The lowest BCUT2D eigenvalue weighted by atomic mass is 9.82. The van der Waals surface area contributed by atoms with E-state index in [1.807, 2.05) is 25.2 Å². The smallest absolute Gasteiger partial charge is 0.125 e. The number of hydrogen-bond donors (Lipinski definition) is 1. The van der Waals surface area contributed by atoms with E-state index in [2.05, 4.69) is 17.1 Å². The van der Waals surface area contributed by atoms with Gasteiger partial charge in [-0.15, -0.1) is 0 Å². The van der Waals surface area contributed by atoms with Crippen molar-refractivity contribution in [2.75, 3.05) is 26.7 Å². The Labute approximate surface area is 132 Å². The van der Waals surface area contributed by atoms with Crippen LogP contribution in [0.4, 0.5) is 0 Å². The van der Waals surface area contributed by atoms with Crippen molar-refractivity contribution in [3.05, 3.63) is 28.8 Å². The zero-order valence-corrected chi connectivity index (χ0v) is 13.7. The van der Waals surface area contributed by atoms with Gasteiger partial charge in [0.2, 0.25) is 0 Å². The van der Waals surface area contributed by atoms with Crippen LogP contribution in [0, 0.1) is 0 Å². The number of fused-ring (bicyclic) bond motifs is 1. The maximum Gasteiger partial charge on any atom is 0.125 e. The quantitative estimate of drug-likeness (QED) is 0.903. The molecule has 1 spiro atoms. The van der Waals surface area contributed by atoms with Crippen molar-refractivity contribution in [3.63, 3.8) is 0 Å². The van der Waals surface area contributed by atoms with Crippen LogP contribution in [0.1, 0.15) is 44.2 Å². The number of benzene rings is 1. The molecule has 1 aromatic rings. The highest BCUT2D eigenvalue weighted by molar-refractivity contribution is 6.30. The molecule has 21 heavy (non-hydrogen) atoms. The lowest BCUT2D eigenvalue weighted by molar-refractivity contribution is 0.0178. The molecule has 2 atom stereocenters. The van der Waals surface area contributed by atoms with Crippen LogP contribution in [0.25, 0.3) is 0 Å². The maximum absolute atomic E-state index is 6.49. The Morgan fingerprint density at radius 3 is 3.00 bits per heavy atom. The van der Waals surface area contributed by atoms with Gasteiger partial charge in [-0.05, 0) is 57.6 Å². The molecule has 1 fully saturated rings. The Morgan fingerprint density at radius 1 is 1.38 bits per heavy atom. The summed E-state index contributed by atoms with van der Waals surface area (Å²) < 4.78 is 6.49. The molecule has 4 heteroatoms. The van der Waals surface area contributed by atoms with Crippen molar-refractivity contribution >= 4 is 11.6 Å². The summed E-state index contributed by atoms with van der Waals surface area (Å²) in [5, 5.41) is 4.24. The average molecular weight is 309 g/mol. The molecule has 0 aliphatic carbocycles. The van der Waals surface area contributed by atoms with Gasteiger partial charge in [-0.25, -0.2) is 0 Å². The number of ether oxygens (including phenoxy) is 1. The summed E-state index contributed by atoms with van der Waals surface area (Å²) in [4.78, 5) is 2.53. The molecule has 116 valence electrons. The largest absolute Gasteiger partial charge is 0.487 e. The van der Waals surface area contributed by atoms with Crippen LogP contribution < -0.4 is 10.1 Å². The van der Waals surface area contributed by atoms with Crippen molar-refractivity contribution in [1.29, 1.82) is 0 Å². The highest BCUT2D eigenvalue weighted by Crippen LogP contribution is 2.44. The Kier molecular flexibility index (Phi) is 4.43. The first-order valence-electron chi connectivity index (χ1n) is 8.04. The van der Waals surface area contributed by atoms with Gasteiger partial charge in [0.15, 0.2) is 0 Å². The van der Waals surface area contributed by atoms with Crippen LogP contribution in [-0.4, -0.2) is 37.2 Å². The second-order valence-corrected chi connectivity index (χ2v) is 6.74. The molecule has 0 aromatic heterocycles. The number of halogens is 1. The van der Waals surface area contributed by atoms with Gasteiger partial charge in [0.25, 0.3) is 0 Å². The van der Waals surface area contributed by atoms with Crippen LogP contribution in [0.15, 0.2) is 18.2 Å². The molecule has 2 unspecified atom stereocenters. The highest BCUT2D eigenvalue weighted by atomic mass is 35.5. The van der Waals surface area contributed by atoms with Crippen molar-refractivity contribution in [3.8, 4) is 5.75 Å². The van der Waals surface area contributed by atoms with Crippen molar-refractivity contribution in [1.82, 2.24) is 10.2 Å². The van der Waals surface area contributed by atoms with E-state index in [4.69, 9.17) is 16.3 Å². The number of rotatable bonds is 2. The summed E-state index contributed by atoms with van der Waals surface area (Å²) in [6, 6.07) is 6.34. The van der Waals surface area contributed by atoms with Gasteiger partial charge in [-0.2, -0.15) is 0 Å². The fourth-order valence-electron chi connectivity index (χ4n) is 3.74. The molecule has 1 N–H and O–H groups in total. The molecule has 2 heterocycles. The van der Waals surface area contributed by atoms with E-state index in [1.54, 1.807) is 0 Å². The van der Waals surface area contributed by atoms with E-state index < -0.39 is 0 Å². The third kappa shape index (κ3) is 3.05. The van der Waals surface area contributed by atoms with Crippen LogP contribution in [0.2, 0.25) is 5.02 Å². The Morgan fingerprint density at radius 2 is 2.24 bits per heavy atom. The molecule has 3 rings (SSSR count). The predicted molar refractivity (Wildman–Crippen MR) is 87.2 cm³/mol. The number of likely N-dealkylation sites (tertiary alicyclic amines) is 1. The van der Waals surface area contributed by atoms with Gasteiger partial charge < -0.3 is 15.0 Å².